The number of hydrogen-bond donors (Lipinski definition) is 2. The zero-order chi connectivity index (χ0) is 19.5. The number of carboxylic acid groups (broad SMARTS) is 1. The van der Waals surface area contributed by atoms with E-state index in [1.807, 2.05) is 6.92 Å². The lowest BCUT2D eigenvalue weighted by Crippen LogP contribution is -2.20. The molecule has 2 rings (SSSR count). The van der Waals surface area contributed by atoms with Gasteiger partial charge in [-0.25, -0.2) is 13.2 Å². The van der Waals surface area contributed by atoms with Crippen LogP contribution in [-0.2, 0) is 14.6 Å². The summed E-state index contributed by atoms with van der Waals surface area (Å²) in [5.74, 6) is 4.21. The van der Waals surface area contributed by atoms with Gasteiger partial charge in [-0.05, 0) is 30.2 Å². The number of ether oxygens (including phenoxy) is 1. The molecule has 2 atom stereocenters. The average Bonchev–Trinajstić information content (AvgIpc) is 2.58. The highest BCUT2D eigenvalue weighted by Crippen LogP contribution is 2.30. The van der Waals surface area contributed by atoms with Gasteiger partial charge in [0.05, 0.1) is 10.5 Å². The summed E-state index contributed by atoms with van der Waals surface area (Å²) in [6.45, 7) is 5.73. The molecule has 1 aromatic carbocycles. The highest BCUT2D eigenvalue weighted by atomic mass is 32.2. The molecule has 1 aliphatic rings. The summed E-state index contributed by atoms with van der Waals surface area (Å²) in [6, 6.07) is 6.01. The summed E-state index contributed by atoms with van der Waals surface area (Å²) in [7, 11) is -3.29. The molecule has 0 fully saturated rings. The quantitative estimate of drug-likeness (QED) is 0.267. The molecule has 138 valence electrons. The van der Waals surface area contributed by atoms with Gasteiger partial charge in [0, 0.05) is 17.7 Å². The SMILES string of the molecule is C=C(O/C(=N\N)c1cccc(C(=O)O)c1)C1C=CC(S(C)(=O)=O)=CC1C. The van der Waals surface area contributed by atoms with Crippen molar-refractivity contribution in [2.45, 2.75) is 6.92 Å². The van der Waals surface area contributed by atoms with E-state index in [-0.39, 0.29) is 28.2 Å². The van der Waals surface area contributed by atoms with Crippen LogP contribution in [0.3, 0.4) is 0 Å². The van der Waals surface area contributed by atoms with Crippen LogP contribution in [0.25, 0.3) is 0 Å². The van der Waals surface area contributed by atoms with Crippen molar-refractivity contribution >= 4 is 21.7 Å². The third-order valence-corrected chi connectivity index (χ3v) is 5.09. The van der Waals surface area contributed by atoms with Crippen LogP contribution in [0.4, 0.5) is 0 Å². The molecule has 8 heteroatoms. The highest BCUT2D eigenvalue weighted by Gasteiger charge is 2.25. The number of allylic oxidation sites excluding steroid dienone is 3. The van der Waals surface area contributed by atoms with E-state index in [0.717, 1.165) is 6.26 Å². The third kappa shape index (κ3) is 4.40. The van der Waals surface area contributed by atoms with Crippen molar-refractivity contribution in [3.63, 3.8) is 0 Å². The fourth-order valence-corrected chi connectivity index (χ4v) is 3.36. The molecule has 0 aliphatic heterocycles. The molecule has 0 heterocycles. The minimum Gasteiger partial charge on any atom is -0.478 e. The first kappa shape index (κ1) is 19.5. The summed E-state index contributed by atoms with van der Waals surface area (Å²) in [5, 5.41) is 12.7. The molecule has 0 bridgehead atoms. The van der Waals surface area contributed by atoms with Crippen LogP contribution >= 0.6 is 0 Å². The Balaban J connectivity index is 2.19. The minimum absolute atomic E-state index is 0.0246. The standard InChI is InChI=1S/C18H20N2O5S/c1-11-9-15(26(3,23)24)7-8-16(11)12(2)25-17(20-19)13-5-4-6-14(10-13)18(21)22/h4-11,16H,2,19H2,1,3H3,(H,21,22)/b20-17-. The minimum atomic E-state index is -3.29. The maximum atomic E-state index is 11.6. The van der Waals surface area contributed by atoms with Crippen molar-refractivity contribution in [3.8, 4) is 0 Å². The summed E-state index contributed by atoms with van der Waals surface area (Å²) < 4.78 is 29.0. The second-order valence-corrected chi connectivity index (χ2v) is 7.99. The van der Waals surface area contributed by atoms with Crippen LogP contribution < -0.4 is 5.84 Å². The maximum absolute atomic E-state index is 11.6. The van der Waals surface area contributed by atoms with Gasteiger partial charge in [-0.1, -0.05) is 31.7 Å². The Labute approximate surface area is 152 Å². The lowest BCUT2D eigenvalue weighted by atomic mass is 9.88. The van der Waals surface area contributed by atoms with E-state index < -0.39 is 15.8 Å². The Kier molecular flexibility index (Phi) is 5.66. The van der Waals surface area contributed by atoms with Gasteiger partial charge in [0.15, 0.2) is 9.84 Å². The summed E-state index contributed by atoms with van der Waals surface area (Å²) in [5.41, 5.74) is 0.470. The predicted molar refractivity (Wildman–Crippen MR) is 99.1 cm³/mol. The number of sulfone groups is 1. The monoisotopic (exact) mass is 376 g/mol. The normalized spacial score (nSPS) is 20.4. The lowest BCUT2D eigenvalue weighted by Gasteiger charge is -2.24. The number of carboxylic acids is 1. The summed E-state index contributed by atoms with van der Waals surface area (Å²) >= 11 is 0. The molecular weight excluding hydrogens is 356 g/mol. The van der Waals surface area contributed by atoms with Crippen molar-refractivity contribution in [3.05, 3.63) is 70.9 Å². The van der Waals surface area contributed by atoms with Gasteiger partial charge in [0.1, 0.15) is 5.76 Å². The van der Waals surface area contributed by atoms with Crippen molar-refractivity contribution in [2.24, 2.45) is 22.8 Å². The molecule has 26 heavy (non-hydrogen) atoms. The Morgan fingerprint density at radius 3 is 2.54 bits per heavy atom. The van der Waals surface area contributed by atoms with E-state index in [2.05, 4.69) is 11.7 Å². The van der Waals surface area contributed by atoms with E-state index >= 15 is 0 Å². The average molecular weight is 376 g/mol. The topological polar surface area (TPSA) is 119 Å². The molecule has 0 spiro atoms. The number of hydrazone groups is 1. The molecule has 0 radical (unpaired) electrons. The zero-order valence-corrected chi connectivity index (χ0v) is 15.2. The van der Waals surface area contributed by atoms with Crippen molar-refractivity contribution in [1.82, 2.24) is 0 Å². The summed E-state index contributed by atoms with van der Waals surface area (Å²) in [6.07, 6.45) is 6.00. The van der Waals surface area contributed by atoms with Gasteiger partial charge in [0.2, 0.25) is 5.90 Å². The molecule has 2 unspecified atom stereocenters. The Morgan fingerprint density at radius 2 is 2.00 bits per heavy atom. The van der Waals surface area contributed by atoms with Gasteiger partial charge in [0.25, 0.3) is 0 Å². The van der Waals surface area contributed by atoms with Gasteiger partial charge in [-0.3, -0.25) is 0 Å². The van der Waals surface area contributed by atoms with Crippen LogP contribution in [-0.4, -0.2) is 31.6 Å². The Bertz CT molecular complexity index is 929. The van der Waals surface area contributed by atoms with Crippen molar-refractivity contribution < 1.29 is 23.1 Å². The summed E-state index contributed by atoms with van der Waals surface area (Å²) in [4.78, 5) is 11.3. The zero-order valence-electron chi connectivity index (χ0n) is 14.4. The molecule has 0 aromatic heterocycles. The Hall–Kier alpha value is -2.87. The molecule has 7 nitrogen and oxygen atoms in total. The first-order chi connectivity index (χ1) is 12.1. The van der Waals surface area contributed by atoms with E-state index in [1.54, 1.807) is 24.3 Å². The van der Waals surface area contributed by atoms with E-state index in [4.69, 9.17) is 15.7 Å². The van der Waals surface area contributed by atoms with Crippen LogP contribution in [0.5, 0.6) is 0 Å². The van der Waals surface area contributed by atoms with Gasteiger partial charge < -0.3 is 15.7 Å². The molecule has 0 saturated heterocycles. The number of benzene rings is 1. The van der Waals surface area contributed by atoms with Gasteiger partial charge >= 0.3 is 5.97 Å². The lowest BCUT2D eigenvalue weighted by molar-refractivity contribution is 0.0697. The van der Waals surface area contributed by atoms with E-state index in [0.29, 0.717) is 11.3 Å². The molecule has 1 aliphatic carbocycles. The van der Waals surface area contributed by atoms with Crippen LogP contribution in [0.15, 0.2) is 64.8 Å². The fraction of sp³-hybridized carbons (Fsp3) is 0.222. The maximum Gasteiger partial charge on any atom is 0.335 e. The first-order valence-corrected chi connectivity index (χ1v) is 9.61. The fourth-order valence-electron chi connectivity index (χ4n) is 2.58. The number of carbonyl (C=O) groups is 1. The van der Waals surface area contributed by atoms with E-state index in [1.165, 1.54) is 18.2 Å². The second-order valence-electron chi connectivity index (χ2n) is 5.97. The predicted octanol–water partition coefficient (Wildman–Crippen LogP) is 2.29. The third-order valence-electron chi connectivity index (χ3n) is 3.96. The number of nitrogens with zero attached hydrogens (tertiary/aromatic N) is 1. The van der Waals surface area contributed by atoms with Crippen molar-refractivity contribution in [1.29, 1.82) is 0 Å². The van der Waals surface area contributed by atoms with Crippen LogP contribution in [0, 0.1) is 11.8 Å². The molecule has 3 N–H and O–H groups in total. The largest absolute Gasteiger partial charge is 0.478 e. The molecule has 0 amide bonds. The first-order valence-electron chi connectivity index (χ1n) is 7.72. The van der Waals surface area contributed by atoms with Crippen molar-refractivity contribution in [2.75, 3.05) is 6.26 Å². The van der Waals surface area contributed by atoms with Gasteiger partial charge in [-0.2, -0.15) is 0 Å². The highest BCUT2D eigenvalue weighted by molar-refractivity contribution is 7.94. The number of nitrogens with two attached hydrogens (primary N) is 1. The Morgan fingerprint density at radius 1 is 1.35 bits per heavy atom. The second kappa shape index (κ2) is 7.57. The number of aromatic carboxylic acids is 1. The number of rotatable bonds is 5. The molecule has 1 aromatic rings. The van der Waals surface area contributed by atoms with Crippen LogP contribution in [0.2, 0.25) is 0 Å². The van der Waals surface area contributed by atoms with E-state index in [9.17, 15) is 13.2 Å². The van der Waals surface area contributed by atoms with Crippen LogP contribution in [0.1, 0.15) is 22.8 Å². The smallest absolute Gasteiger partial charge is 0.335 e. The molecule has 0 saturated carbocycles. The number of hydrogen-bond acceptors (Lipinski definition) is 6. The molecular formula is C18H20N2O5S. The van der Waals surface area contributed by atoms with Gasteiger partial charge in [-0.15, -0.1) is 5.10 Å².